The SMILES string of the molecule is CN1C(=O)C(B2OC(C)(C)C(C)(C)O2)Cc2ccccc21. The van der Waals surface area contributed by atoms with Crippen molar-refractivity contribution in [2.24, 2.45) is 0 Å². The van der Waals surface area contributed by atoms with Gasteiger partial charge in [-0.15, -0.1) is 0 Å². The zero-order valence-corrected chi connectivity index (χ0v) is 13.3. The lowest BCUT2D eigenvalue weighted by Crippen LogP contribution is -2.43. The van der Waals surface area contributed by atoms with Gasteiger partial charge in [0.2, 0.25) is 5.91 Å². The van der Waals surface area contributed by atoms with E-state index in [0.717, 1.165) is 5.69 Å². The third-order valence-corrected chi connectivity index (χ3v) is 5.04. The topological polar surface area (TPSA) is 38.8 Å². The highest BCUT2D eigenvalue weighted by Gasteiger charge is 2.56. The molecule has 0 N–H and O–H groups in total. The van der Waals surface area contributed by atoms with Gasteiger partial charge < -0.3 is 14.2 Å². The summed E-state index contributed by atoms with van der Waals surface area (Å²) in [5, 5.41) is 0. The third-order valence-electron chi connectivity index (χ3n) is 5.04. The Morgan fingerprint density at radius 3 is 2.33 bits per heavy atom. The molecule has 21 heavy (non-hydrogen) atoms. The number of nitrogens with zero attached hydrogens (tertiary/aromatic N) is 1. The second-order valence-electron chi connectivity index (χ2n) is 6.96. The first-order chi connectivity index (χ1) is 9.73. The predicted octanol–water partition coefficient (Wildman–Crippen LogP) is 2.67. The van der Waals surface area contributed by atoms with Gasteiger partial charge in [-0.1, -0.05) is 18.2 Å². The van der Waals surface area contributed by atoms with Gasteiger partial charge in [0.05, 0.1) is 17.0 Å². The number of hydrogen-bond acceptors (Lipinski definition) is 3. The normalized spacial score (nSPS) is 26.9. The second-order valence-corrected chi connectivity index (χ2v) is 6.96. The molecule has 1 atom stereocenters. The summed E-state index contributed by atoms with van der Waals surface area (Å²) in [5.41, 5.74) is 1.33. The van der Waals surface area contributed by atoms with Crippen LogP contribution in [0.2, 0.25) is 5.82 Å². The average Bonchev–Trinajstić information content (AvgIpc) is 2.62. The summed E-state index contributed by atoms with van der Waals surface area (Å²) < 4.78 is 12.1. The number of carbonyl (C=O) groups is 1. The Bertz CT molecular complexity index is 569. The maximum atomic E-state index is 12.7. The van der Waals surface area contributed by atoms with Crippen molar-refractivity contribution >= 4 is 18.7 Å². The minimum Gasteiger partial charge on any atom is -0.403 e. The standard InChI is InChI=1S/C16H22BNO3/c1-15(2)16(3,4)21-17(20-15)12-10-11-8-6-7-9-13(11)18(5)14(12)19/h6-9,12H,10H2,1-5H3. The minimum absolute atomic E-state index is 0.0622. The maximum absolute atomic E-state index is 12.7. The molecule has 0 aromatic heterocycles. The Labute approximate surface area is 126 Å². The molecule has 1 amide bonds. The van der Waals surface area contributed by atoms with Gasteiger partial charge in [0.25, 0.3) is 0 Å². The van der Waals surface area contributed by atoms with Crippen LogP contribution in [0.15, 0.2) is 24.3 Å². The van der Waals surface area contributed by atoms with Crippen LogP contribution in [0.5, 0.6) is 0 Å². The lowest BCUT2D eigenvalue weighted by Gasteiger charge is -2.32. The van der Waals surface area contributed by atoms with E-state index < -0.39 is 18.3 Å². The van der Waals surface area contributed by atoms with E-state index in [1.54, 1.807) is 4.90 Å². The van der Waals surface area contributed by atoms with Gasteiger partial charge in [-0.3, -0.25) is 4.79 Å². The number of para-hydroxylation sites is 1. The van der Waals surface area contributed by atoms with E-state index >= 15 is 0 Å². The van der Waals surface area contributed by atoms with E-state index in [1.807, 2.05) is 52.9 Å². The van der Waals surface area contributed by atoms with Gasteiger partial charge in [0.1, 0.15) is 0 Å². The molecule has 0 saturated carbocycles. The summed E-state index contributed by atoms with van der Waals surface area (Å²) in [6.07, 6.45) is 0.663. The number of anilines is 1. The number of fused-ring (bicyclic) bond motifs is 1. The first-order valence-corrected chi connectivity index (χ1v) is 7.44. The van der Waals surface area contributed by atoms with Crippen molar-refractivity contribution in [3.8, 4) is 0 Å². The van der Waals surface area contributed by atoms with Crippen molar-refractivity contribution in [2.45, 2.75) is 51.1 Å². The van der Waals surface area contributed by atoms with Crippen LogP contribution >= 0.6 is 0 Å². The zero-order valence-electron chi connectivity index (χ0n) is 13.3. The summed E-state index contributed by atoms with van der Waals surface area (Å²) in [6, 6.07) is 8.01. The van der Waals surface area contributed by atoms with Crippen LogP contribution in [-0.4, -0.2) is 31.3 Å². The predicted molar refractivity (Wildman–Crippen MR) is 83.4 cm³/mol. The minimum atomic E-state index is -0.488. The Kier molecular flexibility index (Phi) is 3.19. The van der Waals surface area contributed by atoms with Crippen molar-refractivity contribution in [3.05, 3.63) is 29.8 Å². The number of rotatable bonds is 1. The Morgan fingerprint density at radius 1 is 1.14 bits per heavy atom. The highest BCUT2D eigenvalue weighted by molar-refractivity contribution is 6.54. The number of benzene rings is 1. The van der Waals surface area contributed by atoms with E-state index in [2.05, 4.69) is 6.07 Å². The summed E-state index contributed by atoms with van der Waals surface area (Å²) in [4.78, 5) is 14.4. The smallest absolute Gasteiger partial charge is 0.403 e. The molecule has 1 fully saturated rings. The molecule has 0 bridgehead atoms. The van der Waals surface area contributed by atoms with Gasteiger partial charge >= 0.3 is 7.12 Å². The molecule has 0 aliphatic carbocycles. The molecule has 2 heterocycles. The van der Waals surface area contributed by atoms with Crippen molar-refractivity contribution in [3.63, 3.8) is 0 Å². The van der Waals surface area contributed by atoms with Crippen molar-refractivity contribution in [2.75, 3.05) is 11.9 Å². The molecule has 0 spiro atoms. The fraction of sp³-hybridized carbons (Fsp3) is 0.562. The zero-order chi connectivity index (χ0) is 15.4. The lowest BCUT2D eigenvalue weighted by atomic mass is 9.66. The molecular formula is C16H22BNO3. The molecular weight excluding hydrogens is 265 g/mol. The van der Waals surface area contributed by atoms with Crippen LogP contribution in [0, 0.1) is 0 Å². The van der Waals surface area contributed by atoms with E-state index in [1.165, 1.54) is 5.56 Å². The molecule has 0 radical (unpaired) electrons. The second kappa shape index (κ2) is 4.58. The molecule has 1 saturated heterocycles. The molecule has 1 unspecified atom stereocenters. The summed E-state index contributed by atoms with van der Waals surface area (Å²) in [7, 11) is 1.33. The molecule has 3 rings (SSSR count). The lowest BCUT2D eigenvalue weighted by molar-refractivity contribution is -0.119. The first kappa shape index (κ1) is 14.6. The molecule has 112 valence electrons. The molecule has 1 aromatic rings. The van der Waals surface area contributed by atoms with Gasteiger partial charge in [-0.25, -0.2) is 0 Å². The van der Waals surface area contributed by atoms with Crippen LogP contribution in [0.4, 0.5) is 5.69 Å². The number of amides is 1. The van der Waals surface area contributed by atoms with Gasteiger partial charge in [-0.2, -0.15) is 0 Å². The fourth-order valence-electron chi connectivity index (χ4n) is 2.97. The maximum Gasteiger partial charge on any atom is 0.471 e. The number of carbonyl (C=O) groups excluding carboxylic acids is 1. The average molecular weight is 287 g/mol. The highest BCUT2D eigenvalue weighted by Crippen LogP contribution is 2.43. The molecule has 5 heteroatoms. The molecule has 1 aromatic carbocycles. The summed E-state index contributed by atoms with van der Waals surface area (Å²) >= 11 is 0. The quantitative estimate of drug-likeness (QED) is 0.745. The Morgan fingerprint density at radius 2 is 1.71 bits per heavy atom. The highest BCUT2D eigenvalue weighted by atomic mass is 16.7. The van der Waals surface area contributed by atoms with Crippen molar-refractivity contribution < 1.29 is 14.1 Å². The fourth-order valence-corrected chi connectivity index (χ4v) is 2.97. The Hall–Kier alpha value is -1.33. The number of hydrogen-bond donors (Lipinski definition) is 0. The van der Waals surface area contributed by atoms with Crippen molar-refractivity contribution in [1.29, 1.82) is 0 Å². The molecule has 2 aliphatic heterocycles. The van der Waals surface area contributed by atoms with Gasteiger partial charge in [0.15, 0.2) is 0 Å². The first-order valence-electron chi connectivity index (χ1n) is 7.44. The monoisotopic (exact) mass is 287 g/mol. The third kappa shape index (κ3) is 2.19. The van der Waals surface area contributed by atoms with E-state index in [4.69, 9.17) is 9.31 Å². The van der Waals surface area contributed by atoms with Gasteiger partial charge in [-0.05, 0) is 45.7 Å². The van der Waals surface area contributed by atoms with Crippen LogP contribution < -0.4 is 4.90 Å². The van der Waals surface area contributed by atoms with Crippen LogP contribution in [0.1, 0.15) is 33.3 Å². The van der Waals surface area contributed by atoms with Gasteiger partial charge in [0, 0.05) is 12.7 Å². The van der Waals surface area contributed by atoms with E-state index in [-0.39, 0.29) is 11.7 Å². The molecule has 2 aliphatic rings. The van der Waals surface area contributed by atoms with Crippen LogP contribution in [0.3, 0.4) is 0 Å². The van der Waals surface area contributed by atoms with E-state index in [9.17, 15) is 4.79 Å². The largest absolute Gasteiger partial charge is 0.471 e. The van der Waals surface area contributed by atoms with E-state index in [0.29, 0.717) is 6.42 Å². The van der Waals surface area contributed by atoms with Crippen LogP contribution in [0.25, 0.3) is 0 Å². The Balaban J connectivity index is 1.90. The van der Waals surface area contributed by atoms with Crippen LogP contribution in [-0.2, 0) is 20.5 Å². The molecule has 4 nitrogen and oxygen atoms in total. The summed E-state index contributed by atoms with van der Waals surface area (Å²) in [5.74, 6) is -0.224. The summed E-state index contributed by atoms with van der Waals surface area (Å²) in [6.45, 7) is 8.05. The van der Waals surface area contributed by atoms with Crippen molar-refractivity contribution in [1.82, 2.24) is 0 Å².